The number of aldehydes is 1. The lowest BCUT2D eigenvalue weighted by atomic mass is 10.3. The van der Waals surface area contributed by atoms with Crippen LogP contribution in [0.15, 0.2) is 12.3 Å². The highest BCUT2D eigenvalue weighted by Crippen LogP contribution is 2.28. The molecular weight excluding hydrogens is 206 g/mol. The molecule has 0 aromatic carbocycles. The summed E-state index contributed by atoms with van der Waals surface area (Å²) in [6, 6.07) is 1.68. The second-order valence-corrected chi connectivity index (χ2v) is 4.17. The number of pyridine rings is 1. The van der Waals surface area contributed by atoms with Gasteiger partial charge in [0.1, 0.15) is 5.75 Å². The summed E-state index contributed by atoms with van der Waals surface area (Å²) in [5, 5.41) is 0. The molecule has 1 aliphatic rings. The van der Waals surface area contributed by atoms with E-state index in [1.54, 1.807) is 12.3 Å². The molecule has 4 nitrogen and oxygen atoms in total. The van der Waals surface area contributed by atoms with Crippen LogP contribution < -0.4 is 9.47 Å². The first-order chi connectivity index (χ1) is 7.69. The number of carbonyl (C=O) groups is 1. The SMILES string of the molecule is CC(C)Oc1ncc(OC2CC2)cc1C=O. The van der Waals surface area contributed by atoms with Gasteiger partial charge in [0.15, 0.2) is 6.29 Å². The molecule has 4 heteroatoms. The molecule has 0 bridgehead atoms. The van der Waals surface area contributed by atoms with Crippen molar-refractivity contribution in [2.75, 3.05) is 0 Å². The minimum absolute atomic E-state index is 0.00130. The number of rotatable bonds is 5. The van der Waals surface area contributed by atoms with Crippen LogP contribution >= 0.6 is 0 Å². The molecule has 0 unspecified atom stereocenters. The van der Waals surface area contributed by atoms with Crippen LogP contribution in [0.2, 0.25) is 0 Å². The van der Waals surface area contributed by atoms with E-state index in [2.05, 4.69) is 4.98 Å². The highest BCUT2D eigenvalue weighted by atomic mass is 16.5. The summed E-state index contributed by atoms with van der Waals surface area (Å²) in [5.41, 5.74) is 0.437. The maximum Gasteiger partial charge on any atom is 0.224 e. The lowest BCUT2D eigenvalue weighted by Gasteiger charge is -2.11. The average Bonchev–Trinajstić information content (AvgIpc) is 3.03. The standard InChI is InChI=1S/C12H15NO3/c1-8(2)15-12-9(7-14)5-11(6-13-12)16-10-3-4-10/h5-8,10H,3-4H2,1-2H3. The first-order valence-electron chi connectivity index (χ1n) is 5.47. The van der Waals surface area contributed by atoms with Gasteiger partial charge in [0.05, 0.1) is 24.0 Å². The van der Waals surface area contributed by atoms with Gasteiger partial charge in [0.2, 0.25) is 5.88 Å². The van der Waals surface area contributed by atoms with Crippen molar-refractivity contribution in [3.63, 3.8) is 0 Å². The third-order valence-corrected chi connectivity index (χ3v) is 2.16. The third kappa shape index (κ3) is 2.72. The molecule has 86 valence electrons. The molecule has 2 rings (SSSR count). The topological polar surface area (TPSA) is 48.4 Å². The quantitative estimate of drug-likeness (QED) is 0.715. The molecular formula is C12H15NO3. The van der Waals surface area contributed by atoms with Gasteiger partial charge in [-0.05, 0) is 32.8 Å². The van der Waals surface area contributed by atoms with Crippen LogP contribution in [-0.4, -0.2) is 23.5 Å². The fourth-order valence-corrected chi connectivity index (χ4v) is 1.30. The Morgan fingerprint density at radius 2 is 2.25 bits per heavy atom. The van der Waals surface area contributed by atoms with E-state index in [1.165, 1.54) is 0 Å². The molecule has 0 aliphatic heterocycles. The Bertz CT molecular complexity index is 386. The molecule has 1 fully saturated rings. The second-order valence-electron chi connectivity index (χ2n) is 4.17. The zero-order chi connectivity index (χ0) is 11.5. The summed E-state index contributed by atoms with van der Waals surface area (Å²) < 4.78 is 11.0. The third-order valence-electron chi connectivity index (χ3n) is 2.16. The van der Waals surface area contributed by atoms with Crippen molar-refractivity contribution in [3.05, 3.63) is 17.8 Å². The lowest BCUT2D eigenvalue weighted by molar-refractivity contribution is 0.111. The van der Waals surface area contributed by atoms with E-state index in [1.807, 2.05) is 13.8 Å². The van der Waals surface area contributed by atoms with Crippen LogP contribution in [-0.2, 0) is 0 Å². The molecule has 16 heavy (non-hydrogen) atoms. The molecule has 1 aromatic rings. The van der Waals surface area contributed by atoms with E-state index >= 15 is 0 Å². The molecule has 0 N–H and O–H groups in total. The van der Waals surface area contributed by atoms with Gasteiger partial charge >= 0.3 is 0 Å². The summed E-state index contributed by atoms with van der Waals surface area (Å²) >= 11 is 0. The van der Waals surface area contributed by atoms with E-state index in [9.17, 15) is 4.79 Å². The van der Waals surface area contributed by atoms with Gasteiger partial charge in [0, 0.05) is 0 Å². The van der Waals surface area contributed by atoms with Crippen LogP contribution in [0.1, 0.15) is 37.0 Å². The Morgan fingerprint density at radius 3 is 2.81 bits per heavy atom. The summed E-state index contributed by atoms with van der Waals surface area (Å²) in [7, 11) is 0. The molecule has 1 heterocycles. The van der Waals surface area contributed by atoms with Gasteiger partial charge < -0.3 is 9.47 Å². The van der Waals surface area contributed by atoms with Crippen molar-refractivity contribution in [2.24, 2.45) is 0 Å². The van der Waals surface area contributed by atoms with Crippen LogP contribution in [0, 0.1) is 0 Å². The number of carbonyl (C=O) groups excluding carboxylic acids is 1. The van der Waals surface area contributed by atoms with Gasteiger partial charge in [0.25, 0.3) is 0 Å². The van der Waals surface area contributed by atoms with Gasteiger partial charge in [-0.15, -0.1) is 0 Å². The number of hydrogen-bond acceptors (Lipinski definition) is 4. The van der Waals surface area contributed by atoms with E-state index in [4.69, 9.17) is 9.47 Å². The van der Waals surface area contributed by atoms with Gasteiger partial charge in [-0.25, -0.2) is 4.98 Å². The zero-order valence-corrected chi connectivity index (χ0v) is 9.47. The van der Waals surface area contributed by atoms with Crippen LogP contribution in [0.25, 0.3) is 0 Å². The van der Waals surface area contributed by atoms with Gasteiger partial charge in [-0.1, -0.05) is 0 Å². The zero-order valence-electron chi connectivity index (χ0n) is 9.47. The minimum atomic E-state index is 0.00130. The molecule has 0 amide bonds. The van der Waals surface area contributed by atoms with E-state index in [0.29, 0.717) is 23.3 Å². The lowest BCUT2D eigenvalue weighted by Crippen LogP contribution is -2.09. The second kappa shape index (κ2) is 4.51. The fraction of sp³-hybridized carbons (Fsp3) is 0.500. The van der Waals surface area contributed by atoms with Crippen molar-refractivity contribution in [2.45, 2.75) is 38.9 Å². The van der Waals surface area contributed by atoms with E-state index in [-0.39, 0.29) is 6.10 Å². The molecule has 1 saturated carbocycles. The summed E-state index contributed by atoms with van der Waals surface area (Å²) in [5.74, 6) is 1.01. The number of aromatic nitrogens is 1. The van der Waals surface area contributed by atoms with Crippen LogP contribution in [0.4, 0.5) is 0 Å². The maximum atomic E-state index is 10.9. The van der Waals surface area contributed by atoms with Crippen LogP contribution in [0.3, 0.4) is 0 Å². The summed E-state index contributed by atoms with van der Waals surface area (Å²) in [6.07, 6.45) is 4.81. The molecule has 0 radical (unpaired) electrons. The average molecular weight is 221 g/mol. The summed E-state index contributed by atoms with van der Waals surface area (Å²) in [6.45, 7) is 3.79. The predicted molar refractivity (Wildman–Crippen MR) is 59.0 cm³/mol. The number of ether oxygens (including phenoxy) is 2. The van der Waals surface area contributed by atoms with Crippen molar-refractivity contribution in [1.82, 2.24) is 4.98 Å². The Morgan fingerprint density at radius 1 is 1.50 bits per heavy atom. The predicted octanol–water partition coefficient (Wildman–Crippen LogP) is 2.22. The van der Waals surface area contributed by atoms with Crippen molar-refractivity contribution >= 4 is 6.29 Å². The molecule has 1 aliphatic carbocycles. The monoisotopic (exact) mass is 221 g/mol. The Hall–Kier alpha value is -1.58. The van der Waals surface area contributed by atoms with E-state index in [0.717, 1.165) is 19.1 Å². The van der Waals surface area contributed by atoms with E-state index < -0.39 is 0 Å². The smallest absolute Gasteiger partial charge is 0.224 e. The highest BCUT2D eigenvalue weighted by molar-refractivity contribution is 5.78. The Kier molecular flexibility index (Phi) is 3.08. The first-order valence-corrected chi connectivity index (χ1v) is 5.47. The molecule has 0 saturated heterocycles. The fourth-order valence-electron chi connectivity index (χ4n) is 1.30. The van der Waals surface area contributed by atoms with Crippen molar-refractivity contribution < 1.29 is 14.3 Å². The normalized spacial score (nSPS) is 14.9. The number of nitrogens with zero attached hydrogens (tertiary/aromatic N) is 1. The van der Waals surface area contributed by atoms with Gasteiger partial charge in [-0.2, -0.15) is 0 Å². The largest absolute Gasteiger partial charge is 0.489 e. The minimum Gasteiger partial charge on any atom is -0.489 e. The van der Waals surface area contributed by atoms with Gasteiger partial charge in [-0.3, -0.25) is 4.79 Å². The molecule has 1 aromatic heterocycles. The summed E-state index contributed by atoms with van der Waals surface area (Å²) in [4.78, 5) is 15.0. The Balaban J connectivity index is 2.15. The first kappa shape index (κ1) is 10.9. The molecule has 0 atom stereocenters. The maximum absolute atomic E-state index is 10.9. The Labute approximate surface area is 94.6 Å². The van der Waals surface area contributed by atoms with Crippen molar-refractivity contribution in [3.8, 4) is 11.6 Å². The van der Waals surface area contributed by atoms with Crippen LogP contribution in [0.5, 0.6) is 11.6 Å². The molecule has 0 spiro atoms. The highest BCUT2D eigenvalue weighted by Gasteiger charge is 2.24. The van der Waals surface area contributed by atoms with Crippen molar-refractivity contribution in [1.29, 1.82) is 0 Å². The number of hydrogen-bond donors (Lipinski definition) is 0.